The molecule has 0 heterocycles. The minimum Gasteiger partial charge on any atom is -0.192 e. The topological polar surface area (TPSA) is 23.8 Å². The Morgan fingerprint density at radius 2 is 1.83 bits per heavy atom. The van der Waals surface area contributed by atoms with Gasteiger partial charge in [0.15, 0.2) is 0 Å². The lowest BCUT2D eigenvalue weighted by atomic mass is 9.71. The molecule has 0 fully saturated rings. The van der Waals surface area contributed by atoms with Gasteiger partial charge in [0, 0.05) is 5.56 Å². The van der Waals surface area contributed by atoms with Crippen molar-refractivity contribution < 1.29 is 0 Å². The molecule has 1 aromatic carbocycles. The summed E-state index contributed by atoms with van der Waals surface area (Å²) in [6, 6.07) is 3.45. The normalized spacial score (nSPS) is 9.33. The van der Waals surface area contributed by atoms with Crippen molar-refractivity contribution in [2.45, 2.75) is 6.92 Å². The minimum atomic E-state index is 0.309. The van der Waals surface area contributed by atoms with Crippen LogP contribution in [0, 0.1) is 18.3 Å². The first-order valence-corrected chi connectivity index (χ1v) is 3.42. The third-order valence-corrected chi connectivity index (χ3v) is 1.84. The van der Waals surface area contributed by atoms with Gasteiger partial charge in [-0.3, -0.25) is 0 Å². The zero-order valence-corrected chi connectivity index (χ0v) is 6.76. The molecule has 0 saturated carbocycles. The highest BCUT2D eigenvalue weighted by atomic mass is 14.2. The number of hydrogen-bond donors (Lipinski definition) is 0. The smallest absolute Gasteiger partial charge is 0.114 e. The van der Waals surface area contributed by atoms with E-state index in [9.17, 15) is 0 Å². The highest BCUT2D eigenvalue weighted by Gasteiger charge is 2.04. The van der Waals surface area contributed by atoms with E-state index in [0.717, 1.165) is 5.56 Å². The van der Waals surface area contributed by atoms with E-state index in [0.29, 0.717) is 22.0 Å². The molecule has 12 heavy (non-hydrogen) atoms. The third kappa shape index (κ3) is 1.27. The first-order chi connectivity index (χ1) is 5.57. The Labute approximate surface area is 76.0 Å². The Balaban J connectivity index is 3.52. The molecule has 1 nitrogen and oxygen atoms in total. The maximum atomic E-state index is 8.62. The van der Waals surface area contributed by atoms with E-state index < -0.39 is 0 Å². The Morgan fingerprint density at radius 3 is 2.33 bits per heavy atom. The van der Waals surface area contributed by atoms with Crippen LogP contribution in [-0.2, 0) is 0 Å². The van der Waals surface area contributed by atoms with Crippen molar-refractivity contribution in [1.82, 2.24) is 0 Å². The molecule has 0 saturated heterocycles. The molecule has 0 amide bonds. The zero-order valence-electron chi connectivity index (χ0n) is 6.76. The molecule has 6 radical (unpaired) electrons. The lowest BCUT2D eigenvalue weighted by Crippen LogP contribution is -2.36. The molecule has 0 aliphatic heterocycles. The van der Waals surface area contributed by atoms with Gasteiger partial charge in [-0.25, -0.2) is 0 Å². The van der Waals surface area contributed by atoms with Crippen molar-refractivity contribution in [3.05, 3.63) is 17.2 Å². The maximum Gasteiger partial charge on any atom is 0.114 e. The zero-order chi connectivity index (χ0) is 9.30. The van der Waals surface area contributed by atoms with Gasteiger partial charge in [0.05, 0.1) is 6.07 Å². The molecule has 0 aliphatic rings. The van der Waals surface area contributed by atoms with E-state index in [2.05, 4.69) is 0 Å². The summed E-state index contributed by atoms with van der Waals surface area (Å²) < 4.78 is 0. The molecule has 1 aromatic rings. The summed E-state index contributed by atoms with van der Waals surface area (Å²) in [5, 5.41) is 8.62. The molecular weight excluding hydrogens is 143 g/mol. The molecular formula is C8H4B3N. The van der Waals surface area contributed by atoms with Crippen molar-refractivity contribution in [3.8, 4) is 6.07 Å². The number of nitrogens with zero attached hydrogens (tertiary/aromatic N) is 1. The van der Waals surface area contributed by atoms with E-state index in [1.54, 1.807) is 6.92 Å². The van der Waals surface area contributed by atoms with E-state index in [1.165, 1.54) is 6.07 Å². The van der Waals surface area contributed by atoms with Crippen molar-refractivity contribution in [2.24, 2.45) is 0 Å². The predicted molar refractivity (Wildman–Crippen MR) is 52.1 cm³/mol. The molecule has 50 valence electrons. The second kappa shape index (κ2) is 3.10. The van der Waals surface area contributed by atoms with Crippen LogP contribution >= 0.6 is 0 Å². The maximum absolute atomic E-state index is 8.62. The summed E-state index contributed by atoms with van der Waals surface area (Å²) in [6.45, 7) is 1.77. The molecule has 0 aliphatic carbocycles. The highest BCUT2D eigenvalue weighted by molar-refractivity contribution is 6.52. The predicted octanol–water partition coefficient (Wildman–Crippen LogP) is -1.75. The molecule has 4 heteroatoms. The van der Waals surface area contributed by atoms with E-state index >= 15 is 0 Å². The van der Waals surface area contributed by atoms with Crippen LogP contribution in [0.3, 0.4) is 0 Å². The molecule has 0 bridgehead atoms. The molecule has 1 rings (SSSR count). The number of rotatable bonds is 0. The lowest BCUT2D eigenvalue weighted by Gasteiger charge is -2.10. The lowest BCUT2D eigenvalue weighted by molar-refractivity contribution is 1.49. The molecule has 0 atom stereocenters. The van der Waals surface area contributed by atoms with Crippen LogP contribution in [0.25, 0.3) is 0 Å². The highest BCUT2D eigenvalue weighted by Crippen LogP contribution is 1.91. The van der Waals surface area contributed by atoms with Gasteiger partial charge in [-0.15, -0.1) is 0 Å². The monoisotopic (exact) mass is 147 g/mol. The second-order valence-corrected chi connectivity index (χ2v) is 2.58. The van der Waals surface area contributed by atoms with Crippen molar-refractivity contribution >= 4 is 39.9 Å². The van der Waals surface area contributed by atoms with Gasteiger partial charge in [-0.1, -0.05) is 28.0 Å². The van der Waals surface area contributed by atoms with Gasteiger partial charge in [0.2, 0.25) is 0 Å². The Hall–Kier alpha value is -1.10. The largest absolute Gasteiger partial charge is 0.192 e. The fourth-order valence-electron chi connectivity index (χ4n) is 0.937. The Bertz CT molecular complexity index is 366. The summed E-state index contributed by atoms with van der Waals surface area (Å²) in [4.78, 5) is 0. The van der Waals surface area contributed by atoms with Crippen molar-refractivity contribution in [1.29, 1.82) is 5.26 Å². The quantitative estimate of drug-likeness (QED) is 0.398. The van der Waals surface area contributed by atoms with Crippen LogP contribution in [-0.4, -0.2) is 23.5 Å². The Kier molecular flexibility index (Phi) is 2.33. The van der Waals surface area contributed by atoms with Gasteiger partial charge in [0.25, 0.3) is 0 Å². The number of benzene rings is 1. The van der Waals surface area contributed by atoms with Crippen LogP contribution < -0.4 is 16.4 Å². The van der Waals surface area contributed by atoms with Gasteiger partial charge < -0.3 is 0 Å². The standard InChI is InChI=1S/C8H4B3N/c1-4-6(9)2-5(3-12)8(11)7(4)10/h2H,1H3. The number of nitriles is 1. The Morgan fingerprint density at radius 1 is 1.25 bits per heavy atom. The molecule has 0 unspecified atom stereocenters. The van der Waals surface area contributed by atoms with Crippen LogP contribution in [0.5, 0.6) is 0 Å². The summed E-state index contributed by atoms with van der Waals surface area (Å²) in [6.07, 6.45) is 0. The second-order valence-electron chi connectivity index (χ2n) is 2.58. The SMILES string of the molecule is [B]c1cc(C#N)c([B])c([B])c1C. The van der Waals surface area contributed by atoms with Gasteiger partial charge in [-0.2, -0.15) is 5.26 Å². The minimum absolute atomic E-state index is 0.309. The van der Waals surface area contributed by atoms with Crippen molar-refractivity contribution in [2.75, 3.05) is 0 Å². The van der Waals surface area contributed by atoms with E-state index in [1.807, 2.05) is 6.07 Å². The summed E-state index contributed by atoms with van der Waals surface area (Å²) in [5.74, 6) is 0. The van der Waals surface area contributed by atoms with Crippen LogP contribution in [0.2, 0.25) is 0 Å². The van der Waals surface area contributed by atoms with Crippen LogP contribution in [0.15, 0.2) is 6.07 Å². The van der Waals surface area contributed by atoms with Crippen molar-refractivity contribution in [3.63, 3.8) is 0 Å². The number of hydrogen-bond acceptors (Lipinski definition) is 1. The molecule has 0 N–H and O–H groups in total. The van der Waals surface area contributed by atoms with Crippen LogP contribution in [0.4, 0.5) is 0 Å². The average Bonchev–Trinajstić information content (AvgIpc) is 2.08. The van der Waals surface area contributed by atoms with Crippen LogP contribution in [0.1, 0.15) is 11.1 Å². The summed E-state index contributed by atoms with van der Waals surface area (Å²) in [7, 11) is 16.7. The van der Waals surface area contributed by atoms with Gasteiger partial charge in [-0.05, 0) is 6.92 Å². The summed E-state index contributed by atoms with van der Waals surface area (Å²) >= 11 is 0. The fourth-order valence-corrected chi connectivity index (χ4v) is 0.937. The molecule has 0 spiro atoms. The van der Waals surface area contributed by atoms with E-state index in [4.69, 9.17) is 28.8 Å². The fraction of sp³-hybridized carbons (Fsp3) is 0.125. The molecule has 0 aromatic heterocycles. The first kappa shape index (κ1) is 9.00. The van der Waals surface area contributed by atoms with Gasteiger partial charge in [0.1, 0.15) is 23.5 Å². The summed E-state index contributed by atoms with van der Waals surface area (Å²) in [5.41, 5.74) is 2.26. The van der Waals surface area contributed by atoms with E-state index in [-0.39, 0.29) is 0 Å². The first-order valence-electron chi connectivity index (χ1n) is 3.42. The third-order valence-electron chi connectivity index (χ3n) is 1.84. The van der Waals surface area contributed by atoms with Gasteiger partial charge >= 0.3 is 0 Å². The average molecular weight is 147 g/mol.